The molecule has 1 aromatic heterocycles. The fraction of sp³-hybridized carbons (Fsp3) is 0.625. The van der Waals surface area contributed by atoms with E-state index in [4.69, 9.17) is 16.7 Å². The van der Waals surface area contributed by atoms with Crippen LogP contribution in [0, 0.1) is 0 Å². The number of aliphatic hydroxyl groups is 1. The summed E-state index contributed by atoms with van der Waals surface area (Å²) in [6, 6.07) is 0. The molecule has 0 aliphatic carbocycles. The Balaban J connectivity index is 2.70. The monoisotopic (exact) mass is 267 g/mol. The van der Waals surface area contributed by atoms with E-state index in [0.29, 0.717) is 6.54 Å². The normalized spacial score (nSPS) is 11.4. The molecule has 0 radical (unpaired) electrons. The highest BCUT2D eigenvalue weighted by Gasteiger charge is 2.27. The van der Waals surface area contributed by atoms with Crippen molar-refractivity contribution in [2.24, 2.45) is 0 Å². The molecule has 0 saturated heterocycles. The molecule has 0 aliphatic heterocycles. The van der Waals surface area contributed by atoms with E-state index < -0.39 is 19.1 Å². The molecule has 6 nitrogen and oxygen atoms in total. The van der Waals surface area contributed by atoms with Gasteiger partial charge in [0.1, 0.15) is 6.61 Å². The summed E-state index contributed by atoms with van der Waals surface area (Å²) in [5.41, 5.74) is 0. The van der Waals surface area contributed by atoms with Crippen molar-refractivity contribution in [2.75, 3.05) is 30.3 Å². The topological polar surface area (TPSA) is 83.0 Å². The van der Waals surface area contributed by atoms with Gasteiger partial charge >= 0.3 is 0 Å². The van der Waals surface area contributed by atoms with Crippen molar-refractivity contribution in [3.05, 3.63) is 5.28 Å². The molecule has 0 amide bonds. The van der Waals surface area contributed by atoms with Crippen LogP contribution in [0.15, 0.2) is 0 Å². The second-order valence-electron chi connectivity index (χ2n) is 3.15. The number of nitrogens with zero attached hydrogens (tertiary/aromatic N) is 3. The predicted octanol–water partition coefficient (Wildman–Crippen LogP) is 0.996. The Morgan fingerprint density at radius 1 is 1.24 bits per heavy atom. The Kier molecular flexibility index (Phi) is 4.76. The van der Waals surface area contributed by atoms with Crippen molar-refractivity contribution in [3.8, 4) is 0 Å². The van der Waals surface area contributed by atoms with Gasteiger partial charge < -0.3 is 15.7 Å². The first kappa shape index (κ1) is 13.8. The Hall–Kier alpha value is -1.28. The highest BCUT2D eigenvalue weighted by atomic mass is 35.5. The number of aromatic nitrogens is 3. The van der Waals surface area contributed by atoms with Crippen LogP contribution in [0.25, 0.3) is 0 Å². The molecule has 96 valence electrons. The second-order valence-corrected chi connectivity index (χ2v) is 3.49. The zero-order valence-corrected chi connectivity index (χ0v) is 9.80. The van der Waals surface area contributed by atoms with Crippen LogP contribution in [0.2, 0.25) is 5.28 Å². The van der Waals surface area contributed by atoms with Gasteiger partial charge in [0.25, 0.3) is 5.92 Å². The van der Waals surface area contributed by atoms with Gasteiger partial charge in [-0.25, -0.2) is 8.78 Å². The van der Waals surface area contributed by atoms with Gasteiger partial charge in [0.15, 0.2) is 0 Å². The summed E-state index contributed by atoms with van der Waals surface area (Å²) < 4.78 is 25.5. The molecule has 0 bridgehead atoms. The van der Waals surface area contributed by atoms with Crippen molar-refractivity contribution in [2.45, 2.75) is 12.8 Å². The van der Waals surface area contributed by atoms with E-state index in [1.54, 1.807) is 0 Å². The van der Waals surface area contributed by atoms with Crippen molar-refractivity contribution >= 4 is 23.5 Å². The predicted molar refractivity (Wildman–Crippen MR) is 59.5 cm³/mol. The van der Waals surface area contributed by atoms with Gasteiger partial charge in [-0.15, -0.1) is 0 Å². The smallest absolute Gasteiger partial charge is 0.287 e. The molecule has 17 heavy (non-hydrogen) atoms. The number of alkyl halides is 2. The summed E-state index contributed by atoms with van der Waals surface area (Å²) >= 11 is 5.59. The van der Waals surface area contributed by atoms with Gasteiger partial charge in [-0.05, 0) is 18.5 Å². The number of anilines is 2. The van der Waals surface area contributed by atoms with Gasteiger partial charge in [-0.1, -0.05) is 0 Å². The summed E-state index contributed by atoms with van der Waals surface area (Å²) in [5, 5.41) is 13.3. The van der Waals surface area contributed by atoms with Gasteiger partial charge in [0.2, 0.25) is 17.2 Å². The molecular formula is C8H12ClF2N5O. The lowest BCUT2D eigenvalue weighted by molar-refractivity contribution is -0.0374. The van der Waals surface area contributed by atoms with Crippen LogP contribution in [-0.2, 0) is 0 Å². The summed E-state index contributed by atoms with van der Waals surface area (Å²) in [6.07, 6.45) is 0. The van der Waals surface area contributed by atoms with Crippen LogP contribution in [0.1, 0.15) is 6.92 Å². The number of rotatable bonds is 6. The lowest BCUT2D eigenvalue weighted by atomic mass is 10.3. The molecule has 0 aromatic carbocycles. The van der Waals surface area contributed by atoms with Gasteiger partial charge in [0, 0.05) is 6.54 Å². The first-order valence-corrected chi connectivity index (χ1v) is 5.22. The quantitative estimate of drug-likeness (QED) is 0.713. The third-order valence-electron chi connectivity index (χ3n) is 1.68. The van der Waals surface area contributed by atoms with E-state index >= 15 is 0 Å². The van der Waals surface area contributed by atoms with Crippen molar-refractivity contribution in [3.63, 3.8) is 0 Å². The fourth-order valence-electron chi connectivity index (χ4n) is 0.931. The lowest BCUT2D eigenvalue weighted by Crippen LogP contribution is -2.31. The second kappa shape index (κ2) is 5.87. The standard InChI is InChI=1S/C8H12ClF2N5O/c1-2-12-6-14-5(9)15-7(16-6)13-3-8(10,11)4-17/h17H,2-4H2,1H3,(H2,12,13,14,15,16). The Bertz CT molecular complexity index is 379. The summed E-state index contributed by atoms with van der Waals surface area (Å²) in [5.74, 6) is -3.12. The first-order chi connectivity index (χ1) is 7.96. The van der Waals surface area contributed by atoms with Crippen molar-refractivity contribution in [1.29, 1.82) is 0 Å². The molecule has 9 heteroatoms. The Morgan fingerprint density at radius 3 is 2.35 bits per heavy atom. The van der Waals surface area contributed by atoms with E-state index in [9.17, 15) is 8.78 Å². The summed E-state index contributed by atoms with van der Waals surface area (Å²) in [4.78, 5) is 11.2. The molecule has 0 spiro atoms. The minimum atomic E-state index is -3.24. The highest BCUT2D eigenvalue weighted by Crippen LogP contribution is 2.14. The van der Waals surface area contributed by atoms with E-state index in [0.717, 1.165) is 0 Å². The summed E-state index contributed by atoms with van der Waals surface area (Å²) in [6.45, 7) is 0.353. The van der Waals surface area contributed by atoms with Crippen LogP contribution < -0.4 is 10.6 Å². The molecule has 1 rings (SSSR count). The average molecular weight is 268 g/mol. The van der Waals surface area contributed by atoms with E-state index in [2.05, 4.69) is 25.6 Å². The van der Waals surface area contributed by atoms with E-state index in [1.807, 2.05) is 6.92 Å². The third-order valence-corrected chi connectivity index (χ3v) is 1.85. The number of halogens is 3. The lowest BCUT2D eigenvalue weighted by Gasteiger charge is -2.14. The van der Waals surface area contributed by atoms with Crippen LogP contribution in [0.3, 0.4) is 0 Å². The summed E-state index contributed by atoms with van der Waals surface area (Å²) in [7, 11) is 0. The Morgan fingerprint density at radius 2 is 1.82 bits per heavy atom. The van der Waals surface area contributed by atoms with Gasteiger partial charge in [-0.2, -0.15) is 15.0 Å². The zero-order chi connectivity index (χ0) is 12.9. The first-order valence-electron chi connectivity index (χ1n) is 4.85. The van der Waals surface area contributed by atoms with Gasteiger partial charge in [-0.3, -0.25) is 0 Å². The minimum absolute atomic E-state index is 0.0749. The van der Waals surface area contributed by atoms with Crippen molar-refractivity contribution < 1.29 is 13.9 Å². The van der Waals surface area contributed by atoms with Gasteiger partial charge in [0.05, 0.1) is 6.54 Å². The maximum atomic E-state index is 12.8. The van der Waals surface area contributed by atoms with Crippen LogP contribution in [0.5, 0.6) is 0 Å². The van der Waals surface area contributed by atoms with Crippen molar-refractivity contribution in [1.82, 2.24) is 15.0 Å². The molecule has 0 unspecified atom stereocenters. The molecule has 0 aliphatic rings. The largest absolute Gasteiger partial charge is 0.390 e. The highest BCUT2D eigenvalue weighted by molar-refractivity contribution is 6.28. The van der Waals surface area contributed by atoms with E-state index in [-0.39, 0.29) is 17.2 Å². The molecule has 3 N–H and O–H groups in total. The molecule has 0 atom stereocenters. The number of hydrogen-bond donors (Lipinski definition) is 3. The molecule has 1 aromatic rings. The number of hydrogen-bond acceptors (Lipinski definition) is 6. The number of aliphatic hydroxyl groups excluding tert-OH is 1. The maximum absolute atomic E-state index is 12.8. The maximum Gasteiger partial charge on any atom is 0.287 e. The van der Waals surface area contributed by atoms with Crippen LogP contribution in [0.4, 0.5) is 20.7 Å². The molecular weight excluding hydrogens is 256 g/mol. The number of nitrogens with one attached hydrogen (secondary N) is 2. The van der Waals surface area contributed by atoms with Crippen LogP contribution in [-0.4, -0.2) is 45.7 Å². The SMILES string of the molecule is CCNc1nc(Cl)nc(NCC(F)(F)CO)n1. The fourth-order valence-corrected chi connectivity index (χ4v) is 1.09. The molecule has 0 saturated carbocycles. The zero-order valence-electron chi connectivity index (χ0n) is 9.04. The molecule has 1 heterocycles. The van der Waals surface area contributed by atoms with Crippen LogP contribution >= 0.6 is 11.6 Å². The van der Waals surface area contributed by atoms with E-state index in [1.165, 1.54) is 0 Å². The Labute approximate surface area is 101 Å². The third kappa shape index (κ3) is 4.61. The molecule has 0 fully saturated rings. The minimum Gasteiger partial charge on any atom is -0.390 e. The average Bonchev–Trinajstić information content (AvgIpc) is 2.26.